The topological polar surface area (TPSA) is 54.5 Å². The van der Waals surface area contributed by atoms with E-state index in [0.29, 0.717) is 28.5 Å². The number of amides is 1. The fraction of sp³-hybridized carbons (Fsp3) is 0.957. The highest BCUT2D eigenvalue weighted by Crippen LogP contribution is 2.61. The van der Waals surface area contributed by atoms with E-state index in [1.54, 1.807) is 6.92 Å². The molecule has 0 aromatic carbocycles. The minimum atomic E-state index is -2.90. The number of sulfone groups is 1. The zero-order valence-electron chi connectivity index (χ0n) is 18.3. The molecule has 5 heteroatoms. The number of hydrogen-bond acceptors (Lipinski definition) is 3. The third kappa shape index (κ3) is 3.54. The van der Waals surface area contributed by atoms with Gasteiger partial charge in [0.25, 0.3) is 0 Å². The average molecular weight is 410 g/mol. The van der Waals surface area contributed by atoms with E-state index in [4.69, 9.17) is 0 Å². The molecule has 0 radical (unpaired) electrons. The van der Waals surface area contributed by atoms with Crippen molar-refractivity contribution in [1.82, 2.24) is 4.90 Å². The SMILES string of the molecule is CCS(=O)(=O)CCC12CCC(C(=O)N3C[C@]4(C)C[C@H]3CC(C)(C)C4)(CC1)CC2. The first-order valence-corrected chi connectivity index (χ1v) is 13.3. The molecule has 0 N–H and O–H groups in total. The number of carbonyl (C=O) groups excluding carboxylic acids is 1. The number of likely N-dealkylation sites (tertiary alicyclic amines) is 1. The van der Waals surface area contributed by atoms with Crippen LogP contribution in [0, 0.1) is 21.7 Å². The van der Waals surface area contributed by atoms with E-state index in [-0.39, 0.29) is 16.6 Å². The van der Waals surface area contributed by atoms with Gasteiger partial charge in [0.1, 0.15) is 9.84 Å². The van der Waals surface area contributed by atoms with E-state index in [1.165, 1.54) is 12.8 Å². The van der Waals surface area contributed by atoms with Crippen LogP contribution in [0.3, 0.4) is 0 Å². The molecule has 1 saturated heterocycles. The van der Waals surface area contributed by atoms with Crippen molar-refractivity contribution in [3.63, 3.8) is 0 Å². The van der Waals surface area contributed by atoms with Crippen LogP contribution in [-0.4, -0.2) is 43.3 Å². The zero-order valence-corrected chi connectivity index (χ0v) is 19.2. The predicted octanol–water partition coefficient (Wildman–Crippen LogP) is 4.58. The molecule has 4 nitrogen and oxygen atoms in total. The van der Waals surface area contributed by atoms with Crippen molar-refractivity contribution in [2.24, 2.45) is 21.7 Å². The summed E-state index contributed by atoms with van der Waals surface area (Å²) in [4.78, 5) is 16.1. The lowest BCUT2D eigenvalue weighted by Crippen LogP contribution is -2.53. The molecule has 4 aliphatic carbocycles. The number of hydrogen-bond donors (Lipinski definition) is 0. The molecule has 1 aliphatic heterocycles. The van der Waals surface area contributed by atoms with E-state index in [0.717, 1.165) is 57.9 Å². The van der Waals surface area contributed by atoms with Gasteiger partial charge in [0.05, 0.1) is 5.75 Å². The molecule has 2 atom stereocenters. The molecule has 1 amide bonds. The van der Waals surface area contributed by atoms with Crippen molar-refractivity contribution in [2.75, 3.05) is 18.1 Å². The van der Waals surface area contributed by atoms with Crippen LogP contribution in [0.5, 0.6) is 0 Å². The molecule has 5 rings (SSSR count). The summed E-state index contributed by atoms with van der Waals surface area (Å²) in [5.41, 5.74) is 0.659. The van der Waals surface area contributed by atoms with E-state index < -0.39 is 9.84 Å². The normalized spacial score (nSPS) is 42.0. The van der Waals surface area contributed by atoms with Gasteiger partial charge in [-0.2, -0.15) is 0 Å². The Hall–Kier alpha value is -0.580. The second-order valence-corrected chi connectivity index (χ2v) is 14.4. The second-order valence-electron chi connectivity index (χ2n) is 11.9. The Kier molecular flexibility index (Phi) is 4.77. The number of nitrogens with zero attached hydrogens (tertiary/aromatic N) is 1. The monoisotopic (exact) mass is 409 g/mol. The molecule has 4 bridgehead atoms. The summed E-state index contributed by atoms with van der Waals surface area (Å²) >= 11 is 0. The van der Waals surface area contributed by atoms with Gasteiger partial charge in [-0.1, -0.05) is 27.7 Å². The van der Waals surface area contributed by atoms with Crippen molar-refractivity contribution in [1.29, 1.82) is 0 Å². The van der Waals surface area contributed by atoms with Crippen LogP contribution in [-0.2, 0) is 14.6 Å². The van der Waals surface area contributed by atoms with Gasteiger partial charge in [-0.3, -0.25) is 4.79 Å². The zero-order chi connectivity index (χ0) is 20.4. The highest BCUT2D eigenvalue weighted by atomic mass is 32.2. The van der Waals surface area contributed by atoms with Crippen molar-refractivity contribution in [3.05, 3.63) is 0 Å². The molecule has 0 aromatic rings. The molecule has 5 fully saturated rings. The first-order chi connectivity index (χ1) is 12.9. The van der Waals surface area contributed by atoms with Gasteiger partial charge in [-0.15, -0.1) is 0 Å². The summed E-state index contributed by atoms with van der Waals surface area (Å²) < 4.78 is 24.0. The molecule has 0 unspecified atom stereocenters. The molecule has 0 aromatic heterocycles. The van der Waals surface area contributed by atoms with E-state index in [1.807, 2.05) is 0 Å². The molecule has 5 aliphatic rings. The maximum Gasteiger partial charge on any atom is 0.229 e. The lowest BCUT2D eigenvalue weighted by Gasteiger charge is -2.54. The first-order valence-electron chi connectivity index (χ1n) is 11.4. The van der Waals surface area contributed by atoms with Crippen LogP contribution in [0.1, 0.15) is 91.9 Å². The fourth-order valence-electron chi connectivity index (χ4n) is 7.48. The van der Waals surface area contributed by atoms with Crippen molar-refractivity contribution in [2.45, 2.75) is 97.9 Å². The molecule has 160 valence electrons. The van der Waals surface area contributed by atoms with Crippen LogP contribution < -0.4 is 0 Å². The van der Waals surface area contributed by atoms with Crippen LogP contribution >= 0.6 is 0 Å². The Morgan fingerprint density at radius 2 is 1.61 bits per heavy atom. The quantitative estimate of drug-likeness (QED) is 0.668. The van der Waals surface area contributed by atoms with Gasteiger partial charge in [0, 0.05) is 23.8 Å². The molecule has 1 heterocycles. The van der Waals surface area contributed by atoms with E-state index in [2.05, 4.69) is 25.7 Å². The summed E-state index contributed by atoms with van der Waals surface area (Å²) in [6.45, 7) is 9.80. The van der Waals surface area contributed by atoms with Crippen LogP contribution in [0.25, 0.3) is 0 Å². The number of fused-ring (bicyclic) bond motifs is 5. The smallest absolute Gasteiger partial charge is 0.229 e. The maximum atomic E-state index is 13.8. The first kappa shape index (κ1) is 20.7. The second kappa shape index (κ2) is 6.46. The fourth-order valence-corrected chi connectivity index (χ4v) is 8.51. The summed E-state index contributed by atoms with van der Waals surface area (Å²) in [5, 5.41) is 0. The lowest BCUT2D eigenvalue weighted by atomic mass is 9.52. The average Bonchev–Trinajstić information content (AvgIpc) is 2.90. The molecular formula is C23H39NO3S. The van der Waals surface area contributed by atoms with Crippen LogP contribution in [0.2, 0.25) is 0 Å². The molecular weight excluding hydrogens is 370 g/mol. The van der Waals surface area contributed by atoms with Gasteiger partial charge in [0.2, 0.25) is 5.91 Å². The number of carbonyl (C=O) groups is 1. The molecule has 28 heavy (non-hydrogen) atoms. The van der Waals surface area contributed by atoms with Gasteiger partial charge in [0.15, 0.2) is 0 Å². The largest absolute Gasteiger partial charge is 0.339 e. The van der Waals surface area contributed by atoms with Crippen LogP contribution in [0.4, 0.5) is 0 Å². The van der Waals surface area contributed by atoms with Crippen LogP contribution in [0.15, 0.2) is 0 Å². The summed E-state index contributed by atoms with van der Waals surface area (Å²) in [6.07, 6.45) is 10.4. The maximum absolute atomic E-state index is 13.8. The Morgan fingerprint density at radius 3 is 2.18 bits per heavy atom. The minimum absolute atomic E-state index is 0.149. The Labute approximate surface area is 171 Å². The molecule has 4 saturated carbocycles. The predicted molar refractivity (Wildman–Crippen MR) is 113 cm³/mol. The van der Waals surface area contributed by atoms with Gasteiger partial charge in [-0.05, 0) is 80.5 Å². The Bertz CT molecular complexity index is 731. The minimum Gasteiger partial charge on any atom is -0.339 e. The molecule has 0 spiro atoms. The van der Waals surface area contributed by atoms with Gasteiger partial charge >= 0.3 is 0 Å². The summed E-state index contributed by atoms with van der Waals surface area (Å²) in [5.74, 6) is 1.01. The van der Waals surface area contributed by atoms with Crippen molar-refractivity contribution >= 4 is 15.7 Å². The number of rotatable bonds is 5. The van der Waals surface area contributed by atoms with Crippen molar-refractivity contribution in [3.8, 4) is 0 Å². The van der Waals surface area contributed by atoms with Gasteiger partial charge in [-0.25, -0.2) is 8.42 Å². The van der Waals surface area contributed by atoms with Crippen molar-refractivity contribution < 1.29 is 13.2 Å². The lowest BCUT2D eigenvalue weighted by molar-refractivity contribution is -0.153. The standard InChI is InChI=1S/C23H39NO3S/c1-5-28(26,27)13-12-22-6-9-23(10-7-22,11-8-22)19(25)24-17-21(4)15-18(24)14-20(2,3)16-21/h18H,5-17H2,1-4H3/t18-,21-,22?,23?/m1/s1. The van der Waals surface area contributed by atoms with E-state index in [9.17, 15) is 13.2 Å². The third-order valence-corrected chi connectivity index (χ3v) is 10.6. The van der Waals surface area contributed by atoms with E-state index >= 15 is 0 Å². The Morgan fingerprint density at radius 1 is 1.00 bits per heavy atom. The highest BCUT2D eigenvalue weighted by molar-refractivity contribution is 7.91. The summed E-state index contributed by atoms with van der Waals surface area (Å²) in [7, 11) is -2.90. The third-order valence-electron chi connectivity index (χ3n) is 8.91. The van der Waals surface area contributed by atoms with Gasteiger partial charge < -0.3 is 4.90 Å². The summed E-state index contributed by atoms with van der Waals surface area (Å²) in [6, 6.07) is 0.430. The Balaban J connectivity index is 1.44. The highest BCUT2D eigenvalue weighted by Gasteiger charge is 2.57.